The van der Waals surface area contributed by atoms with Gasteiger partial charge < -0.3 is 32.7 Å². The summed E-state index contributed by atoms with van der Waals surface area (Å²) in [6, 6.07) is 27.7. The molecule has 6 rings (SSSR count). The van der Waals surface area contributed by atoms with Crippen molar-refractivity contribution in [2.75, 3.05) is 40.6 Å². The summed E-state index contributed by atoms with van der Waals surface area (Å²) in [5, 5.41) is 9.41. The number of benzene rings is 3. The highest BCUT2D eigenvalue weighted by Crippen LogP contribution is 2.56. The second kappa shape index (κ2) is 17.8. The quantitative estimate of drug-likeness (QED) is 0.0716. The highest BCUT2D eigenvalue weighted by molar-refractivity contribution is 7.44. The fourth-order valence-corrected chi connectivity index (χ4v) is 9.50. The summed E-state index contributed by atoms with van der Waals surface area (Å²) >= 11 is 0. The van der Waals surface area contributed by atoms with Crippen molar-refractivity contribution in [2.24, 2.45) is 5.92 Å². The SMILES string of the molecule is COc1ccc(C(OC[C@@]23COC[C@@H]([C@H](n4cc(C)c(=O)[nH]c4=O)O2)[C@@H]3OP(OCCC#N)N(C(C)C)C(C)C)(c2ccccc2)c2ccc(OC)cc2)cc1. The largest absolute Gasteiger partial charge is 0.497 e. The molecule has 4 aromatic rings. The Hall–Kier alpha value is -4.38. The highest BCUT2D eigenvalue weighted by atomic mass is 31.2. The van der Waals surface area contributed by atoms with Gasteiger partial charge in [-0.05, 0) is 75.6 Å². The number of aryl methyl sites for hydroxylation is 1. The first kappa shape index (κ1) is 41.3. The highest BCUT2D eigenvalue weighted by Gasteiger charge is 2.62. The molecule has 3 aromatic carbocycles. The average Bonchev–Trinajstić information content (AvgIpc) is 3.35. The van der Waals surface area contributed by atoms with Crippen LogP contribution in [0.4, 0.5) is 0 Å². The molecule has 0 spiro atoms. The molecule has 56 heavy (non-hydrogen) atoms. The molecular formula is C42H51N4O9P. The summed E-state index contributed by atoms with van der Waals surface area (Å²) in [6.07, 6.45) is 0.104. The summed E-state index contributed by atoms with van der Waals surface area (Å²) in [5.41, 5.74) is -0.704. The van der Waals surface area contributed by atoms with E-state index >= 15 is 0 Å². The van der Waals surface area contributed by atoms with Crippen molar-refractivity contribution in [3.63, 3.8) is 0 Å². The second-order valence-electron chi connectivity index (χ2n) is 14.6. The lowest BCUT2D eigenvalue weighted by molar-refractivity contribution is -0.185. The molecule has 0 amide bonds. The lowest BCUT2D eigenvalue weighted by Crippen LogP contribution is -2.56. The van der Waals surface area contributed by atoms with E-state index in [9.17, 15) is 14.9 Å². The normalized spacial score (nSPS) is 21.3. The predicted octanol–water partition coefficient (Wildman–Crippen LogP) is 6.45. The van der Waals surface area contributed by atoms with Crippen molar-refractivity contribution in [3.8, 4) is 17.6 Å². The maximum Gasteiger partial charge on any atom is 0.330 e. The molecule has 2 aliphatic heterocycles. The Labute approximate surface area is 329 Å². The lowest BCUT2D eigenvalue weighted by atomic mass is 9.79. The van der Waals surface area contributed by atoms with Gasteiger partial charge in [-0.15, -0.1) is 0 Å². The smallest absolute Gasteiger partial charge is 0.330 e. The van der Waals surface area contributed by atoms with Crippen molar-refractivity contribution in [3.05, 3.63) is 128 Å². The number of H-pyrrole nitrogens is 1. The molecule has 2 bridgehead atoms. The molecule has 2 fully saturated rings. The fraction of sp³-hybridized carbons (Fsp3) is 0.452. The van der Waals surface area contributed by atoms with E-state index in [-0.39, 0.29) is 44.9 Å². The Balaban J connectivity index is 1.52. The molecule has 1 N–H and O–H groups in total. The van der Waals surface area contributed by atoms with Crippen LogP contribution in [0.5, 0.6) is 11.5 Å². The molecule has 13 nitrogen and oxygen atoms in total. The fourth-order valence-electron chi connectivity index (χ4n) is 7.65. The van der Waals surface area contributed by atoms with Gasteiger partial charge in [0.15, 0.2) is 0 Å². The molecule has 1 aromatic heterocycles. The van der Waals surface area contributed by atoms with E-state index in [0.29, 0.717) is 17.1 Å². The van der Waals surface area contributed by atoms with Gasteiger partial charge in [-0.2, -0.15) is 5.26 Å². The van der Waals surface area contributed by atoms with E-state index in [0.717, 1.165) is 16.7 Å². The standard InChI is InChI=1S/C42H51N4O9P/c1-28(2)46(29(3)4)56(53-23-11-22-43)55-37-36-25-51-26-41(37,54-39(36)45-24-30(5)38(47)44-40(45)48)27-52-42(31-12-9-8-10-13-31,32-14-18-34(49-6)19-15-32)33-16-20-35(50-7)21-17-33/h8-10,12-21,24,28-29,36-37,39H,11,23,25-27H2,1-7H3,(H,44,47,48)/t36-,37+,39-,41-,56?/m1/s1. The molecular weight excluding hydrogens is 735 g/mol. The van der Waals surface area contributed by atoms with E-state index in [1.807, 2.05) is 78.9 Å². The van der Waals surface area contributed by atoms with Crippen LogP contribution in [0.25, 0.3) is 0 Å². The molecule has 0 saturated carbocycles. The Kier molecular flexibility index (Phi) is 13.1. The number of hydrogen-bond acceptors (Lipinski definition) is 11. The van der Waals surface area contributed by atoms with Crippen molar-refractivity contribution >= 4 is 8.53 Å². The van der Waals surface area contributed by atoms with E-state index < -0.39 is 49.2 Å². The number of nitrogens with one attached hydrogen (secondary N) is 1. The number of methoxy groups -OCH3 is 2. The third-order valence-corrected chi connectivity index (χ3v) is 12.4. The lowest BCUT2D eigenvalue weighted by Gasteiger charge is -2.45. The Morgan fingerprint density at radius 3 is 2.09 bits per heavy atom. The summed E-state index contributed by atoms with van der Waals surface area (Å²) in [6.45, 7) is 10.3. The monoisotopic (exact) mass is 786 g/mol. The van der Waals surface area contributed by atoms with Crippen molar-refractivity contribution in [1.29, 1.82) is 5.26 Å². The zero-order valence-electron chi connectivity index (χ0n) is 33.0. The third-order valence-electron chi connectivity index (χ3n) is 10.3. The number of fused-ring (bicyclic) bond motifs is 2. The molecule has 2 saturated heterocycles. The number of ether oxygens (including phenoxy) is 5. The van der Waals surface area contributed by atoms with E-state index in [1.54, 1.807) is 21.1 Å². The molecule has 14 heteroatoms. The van der Waals surface area contributed by atoms with Crippen LogP contribution >= 0.6 is 8.53 Å². The first-order chi connectivity index (χ1) is 27.0. The zero-order chi connectivity index (χ0) is 40.0. The minimum Gasteiger partial charge on any atom is -0.497 e. The Morgan fingerprint density at radius 2 is 1.54 bits per heavy atom. The maximum atomic E-state index is 13.5. The van der Waals surface area contributed by atoms with Crippen molar-refractivity contribution in [1.82, 2.24) is 14.2 Å². The average molecular weight is 787 g/mol. The Morgan fingerprint density at radius 1 is 0.946 bits per heavy atom. The number of aromatic nitrogens is 2. The van der Waals surface area contributed by atoms with Gasteiger partial charge in [-0.1, -0.05) is 54.6 Å². The van der Waals surface area contributed by atoms with E-state index in [2.05, 4.69) is 43.4 Å². The van der Waals surface area contributed by atoms with Crippen LogP contribution < -0.4 is 20.7 Å². The number of nitrogens with zero attached hydrogens (tertiary/aromatic N) is 3. The topological polar surface area (TPSA) is 147 Å². The number of rotatable bonds is 17. The Bertz CT molecular complexity index is 2010. The van der Waals surface area contributed by atoms with Gasteiger partial charge in [0.25, 0.3) is 14.1 Å². The summed E-state index contributed by atoms with van der Waals surface area (Å²) in [4.78, 5) is 28.4. The van der Waals surface area contributed by atoms with Gasteiger partial charge in [-0.25, -0.2) is 9.46 Å². The molecule has 3 heterocycles. The maximum absolute atomic E-state index is 13.5. The number of nitriles is 1. The number of aromatic amines is 1. The van der Waals surface area contributed by atoms with Crippen molar-refractivity contribution < 1.29 is 32.7 Å². The first-order valence-electron chi connectivity index (χ1n) is 18.8. The predicted molar refractivity (Wildman–Crippen MR) is 212 cm³/mol. The van der Waals surface area contributed by atoms with Crippen molar-refractivity contribution in [2.45, 2.75) is 76.7 Å². The van der Waals surface area contributed by atoms with Gasteiger partial charge in [0, 0.05) is 23.8 Å². The summed E-state index contributed by atoms with van der Waals surface area (Å²) < 4.78 is 49.0. The van der Waals surface area contributed by atoms with Crippen LogP contribution in [-0.2, 0) is 28.9 Å². The molecule has 1 unspecified atom stereocenters. The van der Waals surface area contributed by atoms with Gasteiger partial charge in [0.05, 0.1) is 59.1 Å². The van der Waals surface area contributed by atoms with Crippen LogP contribution in [0.2, 0.25) is 0 Å². The van der Waals surface area contributed by atoms with Gasteiger partial charge >= 0.3 is 5.69 Å². The third kappa shape index (κ3) is 8.20. The summed E-state index contributed by atoms with van der Waals surface area (Å²) in [7, 11) is 1.50. The van der Waals surface area contributed by atoms with Crippen LogP contribution in [0.3, 0.4) is 0 Å². The van der Waals surface area contributed by atoms with Gasteiger partial charge in [0.2, 0.25) is 0 Å². The number of hydrogen-bond donors (Lipinski definition) is 1. The molecule has 5 atom stereocenters. The minimum atomic E-state index is -1.75. The zero-order valence-corrected chi connectivity index (χ0v) is 33.9. The second-order valence-corrected chi connectivity index (χ2v) is 16.0. The van der Waals surface area contributed by atoms with Gasteiger partial charge in [-0.3, -0.25) is 14.3 Å². The minimum absolute atomic E-state index is 0.0324. The van der Waals surface area contributed by atoms with Crippen LogP contribution in [0, 0.1) is 24.2 Å². The molecule has 0 radical (unpaired) electrons. The first-order valence-corrected chi connectivity index (χ1v) is 19.9. The van der Waals surface area contributed by atoms with E-state index in [1.165, 1.54) is 10.8 Å². The molecule has 298 valence electrons. The van der Waals surface area contributed by atoms with E-state index in [4.69, 9.17) is 32.7 Å². The molecule has 0 aliphatic carbocycles. The molecule has 2 aliphatic rings. The summed E-state index contributed by atoms with van der Waals surface area (Å²) in [5.74, 6) is 0.859. The van der Waals surface area contributed by atoms with Crippen LogP contribution in [0.1, 0.15) is 62.6 Å². The van der Waals surface area contributed by atoms with Crippen LogP contribution in [0.15, 0.2) is 94.6 Å². The van der Waals surface area contributed by atoms with Gasteiger partial charge in [0.1, 0.15) is 35.0 Å². The van der Waals surface area contributed by atoms with Crippen LogP contribution in [-0.4, -0.2) is 78.7 Å².